The van der Waals surface area contributed by atoms with Crippen molar-refractivity contribution in [2.24, 2.45) is 0 Å². The number of aliphatic hydroxyl groups is 1. The lowest BCUT2D eigenvalue weighted by Crippen LogP contribution is -2.47. The van der Waals surface area contributed by atoms with E-state index < -0.39 is 24.1 Å². The fourth-order valence-corrected chi connectivity index (χ4v) is 1.42. The summed E-state index contributed by atoms with van der Waals surface area (Å²) in [6.45, 7) is 0.619. The SMILES string of the molecule is CC(O)(CNC(=O)Nc1cc(Cl)ccc1Cl)C(=O)O. The van der Waals surface area contributed by atoms with Gasteiger partial charge in [-0.1, -0.05) is 23.2 Å². The van der Waals surface area contributed by atoms with Gasteiger partial charge in [-0.2, -0.15) is 0 Å². The molecular weight excluding hydrogens is 295 g/mol. The van der Waals surface area contributed by atoms with Gasteiger partial charge in [0.05, 0.1) is 17.3 Å². The Morgan fingerprint density at radius 3 is 2.58 bits per heavy atom. The van der Waals surface area contributed by atoms with Crippen LogP contribution in [0.4, 0.5) is 10.5 Å². The number of carboxylic acid groups (broad SMARTS) is 1. The standard InChI is InChI=1S/C11H12Cl2N2O4/c1-11(19,9(16)17)5-14-10(18)15-8-4-6(12)2-3-7(8)13/h2-4,19H,5H2,1H3,(H,16,17)(H2,14,15,18). The van der Waals surface area contributed by atoms with Gasteiger partial charge in [0.15, 0.2) is 5.60 Å². The Bertz CT molecular complexity index is 505. The molecule has 0 spiro atoms. The van der Waals surface area contributed by atoms with Crippen molar-refractivity contribution in [2.75, 3.05) is 11.9 Å². The number of amides is 2. The summed E-state index contributed by atoms with van der Waals surface area (Å²) >= 11 is 11.6. The van der Waals surface area contributed by atoms with Crippen molar-refractivity contribution in [1.29, 1.82) is 0 Å². The molecule has 19 heavy (non-hydrogen) atoms. The summed E-state index contributed by atoms with van der Waals surface area (Å²) < 4.78 is 0. The van der Waals surface area contributed by atoms with Crippen LogP contribution in [0.2, 0.25) is 10.0 Å². The van der Waals surface area contributed by atoms with Crippen LogP contribution in [0.5, 0.6) is 0 Å². The van der Waals surface area contributed by atoms with Crippen molar-refractivity contribution in [2.45, 2.75) is 12.5 Å². The average molecular weight is 307 g/mol. The summed E-state index contributed by atoms with van der Waals surface area (Å²) in [7, 11) is 0. The van der Waals surface area contributed by atoms with Gasteiger partial charge in [-0.25, -0.2) is 9.59 Å². The number of halogens is 2. The zero-order valence-corrected chi connectivity index (χ0v) is 11.4. The first-order chi connectivity index (χ1) is 8.72. The van der Waals surface area contributed by atoms with Gasteiger partial charge in [0.25, 0.3) is 0 Å². The Hall–Kier alpha value is -1.50. The highest BCUT2D eigenvalue weighted by atomic mass is 35.5. The molecule has 0 heterocycles. The fraction of sp³-hybridized carbons (Fsp3) is 0.273. The minimum Gasteiger partial charge on any atom is -0.479 e. The quantitative estimate of drug-likeness (QED) is 0.683. The minimum atomic E-state index is -2.05. The van der Waals surface area contributed by atoms with Crippen LogP contribution in [0.3, 0.4) is 0 Å². The number of hydrogen-bond donors (Lipinski definition) is 4. The van der Waals surface area contributed by atoms with Gasteiger partial charge in [0.2, 0.25) is 0 Å². The van der Waals surface area contributed by atoms with Gasteiger partial charge >= 0.3 is 12.0 Å². The molecule has 4 N–H and O–H groups in total. The third kappa shape index (κ3) is 4.59. The Labute approximate surface area is 119 Å². The molecule has 2 amide bonds. The van der Waals surface area contributed by atoms with Crippen LogP contribution in [-0.4, -0.2) is 34.4 Å². The first kappa shape index (κ1) is 15.6. The highest BCUT2D eigenvalue weighted by Crippen LogP contribution is 2.25. The number of carbonyl (C=O) groups is 2. The molecule has 0 aliphatic rings. The van der Waals surface area contributed by atoms with Gasteiger partial charge < -0.3 is 20.8 Å². The lowest BCUT2D eigenvalue weighted by atomic mass is 10.1. The van der Waals surface area contributed by atoms with Crippen molar-refractivity contribution in [3.05, 3.63) is 28.2 Å². The van der Waals surface area contributed by atoms with E-state index in [9.17, 15) is 14.7 Å². The first-order valence-corrected chi connectivity index (χ1v) is 5.93. The van der Waals surface area contributed by atoms with E-state index in [2.05, 4.69) is 10.6 Å². The van der Waals surface area contributed by atoms with Crippen LogP contribution >= 0.6 is 23.2 Å². The summed E-state index contributed by atoms with van der Waals surface area (Å²) in [6, 6.07) is 3.80. The Morgan fingerprint density at radius 2 is 2.00 bits per heavy atom. The van der Waals surface area contributed by atoms with Crippen molar-refractivity contribution in [3.8, 4) is 0 Å². The molecule has 0 aromatic heterocycles. The van der Waals surface area contributed by atoms with E-state index in [1.54, 1.807) is 6.07 Å². The smallest absolute Gasteiger partial charge is 0.337 e. The maximum Gasteiger partial charge on any atom is 0.337 e. The molecule has 104 valence electrons. The van der Waals surface area contributed by atoms with Gasteiger partial charge in [0.1, 0.15) is 0 Å². The normalized spacial score (nSPS) is 13.5. The second-order valence-corrected chi connectivity index (χ2v) is 4.85. The van der Waals surface area contributed by atoms with E-state index in [1.165, 1.54) is 12.1 Å². The topological polar surface area (TPSA) is 98.7 Å². The van der Waals surface area contributed by atoms with Gasteiger partial charge in [-0.3, -0.25) is 0 Å². The summed E-state index contributed by atoms with van der Waals surface area (Å²) in [5.74, 6) is -1.44. The van der Waals surface area contributed by atoms with Crippen LogP contribution in [0, 0.1) is 0 Å². The molecule has 0 aliphatic heterocycles. The molecule has 8 heteroatoms. The zero-order valence-electron chi connectivity index (χ0n) is 9.91. The molecule has 6 nitrogen and oxygen atoms in total. The summed E-state index contributed by atoms with van der Waals surface area (Å²) in [6.07, 6.45) is 0. The Balaban J connectivity index is 2.61. The zero-order chi connectivity index (χ0) is 14.6. The largest absolute Gasteiger partial charge is 0.479 e. The highest BCUT2D eigenvalue weighted by molar-refractivity contribution is 6.35. The maximum atomic E-state index is 11.5. The molecule has 0 aliphatic carbocycles. The molecular formula is C11H12Cl2N2O4. The Morgan fingerprint density at radius 1 is 1.37 bits per heavy atom. The van der Waals surface area contributed by atoms with Crippen LogP contribution in [0.1, 0.15) is 6.92 Å². The monoisotopic (exact) mass is 306 g/mol. The summed E-state index contributed by atoms with van der Waals surface area (Å²) in [5.41, 5.74) is -1.77. The highest BCUT2D eigenvalue weighted by Gasteiger charge is 2.30. The van der Waals surface area contributed by atoms with E-state index in [-0.39, 0.29) is 10.7 Å². The third-order valence-electron chi connectivity index (χ3n) is 2.23. The minimum absolute atomic E-state index is 0.279. The maximum absolute atomic E-state index is 11.5. The van der Waals surface area contributed by atoms with Crippen molar-refractivity contribution < 1.29 is 19.8 Å². The number of urea groups is 1. The molecule has 1 unspecified atom stereocenters. The lowest BCUT2D eigenvalue weighted by molar-refractivity contribution is -0.155. The summed E-state index contributed by atoms with van der Waals surface area (Å²) in [4.78, 5) is 22.1. The summed E-state index contributed by atoms with van der Waals surface area (Å²) in [5, 5.41) is 23.4. The molecule has 0 radical (unpaired) electrons. The molecule has 1 aromatic carbocycles. The molecule has 0 bridgehead atoms. The second-order valence-electron chi connectivity index (χ2n) is 4.01. The van der Waals surface area contributed by atoms with Gasteiger partial charge in [0, 0.05) is 5.02 Å². The van der Waals surface area contributed by atoms with Crippen LogP contribution in [-0.2, 0) is 4.79 Å². The van der Waals surface area contributed by atoms with Crippen LogP contribution in [0.15, 0.2) is 18.2 Å². The lowest BCUT2D eigenvalue weighted by Gasteiger charge is -2.18. The number of benzene rings is 1. The predicted octanol–water partition coefficient (Wildman–Crippen LogP) is 1.95. The number of rotatable bonds is 4. The van der Waals surface area contributed by atoms with E-state index in [4.69, 9.17) is 28.3 Å². The molecule has 1 rings (SSSR count). The fourth-order valence-electron chi connectivity index (χ4n) is 1.09. The van der Waals surface area contributed by atoms with Crippen LogP contribution < -0.4 is 10.6 Å². The molecule has 0 saturated heterocycles. The number of aliphatic carboxylic acids is 1. The molecule has 0 fully saturated rings. The first-order valence-electron chi connectivity index (χ1n) is 5.18. The Kier molecular flexibility index (Phi) is 4.99. The van der Waals surface area contributed by atoms with Crippen LogP contribution in [0.25, 0.3) is 0 Å². The molecule has 1 aromatic rings. The van der Waals surface area contributed by atoms with Gasteiger partial charge in [-0.05, 0) is 25.1 Å². The van der Waals surface area contributed by atoms with Crippen molar-refractivity contribution in [1.82, 2.24) is 5.32 Å². The van der Waals surface area contributed by atoms with E-state index in [0.29, 0.717) is 5.02 Å². The third-order valence-corrected chi connectivity index (χ3v) is 2.80. The number of nitrogens with one attached hydrogen (secondary N) is 2. The van der Waals surface area contributed by atoms with E-state index in [0.717, 1.165) is 6.92 Å². The second kappa shape index (κ2) is 6.10. The molecule has 0 saturated carbocycles. The predicted molar refractivity (Wildman–Crippen MR) is 71.7 cm³/mol. The number of hydrogen-bond acceptors (Lipinski definition) is 3. The average Bonchev–Trinajstić information content (AvgIpc) is 2.31. The van der Waals surface area contributed by atoms with E-state index >= 15 is 0 Å². The van der Waals surface area contributed by atoms with Crippen molar-refractivity contribution >= 4 is 40.9 Å². The van der Waals surface area contributed by atoms with Crippen molar-refractivity contribution in [3.63, 3.8) is 0 Å². The van der Waals surface area contributed by atoms with E-state index in [1.807, 2.05) is 0 Å². The number of carboxylic acids is 1. The molecule has 1 atom stereocenters. The number of anilines is 1. The van der Waals surface area contributed by atoms with Gasteiger partial charge in [-0.15, -0.1) is 0 Å². The number of carbonyl (C=O) groups excluding carboxylic acids is 1.